The third-order valence-corrected chi connectivity index (χ3v) is 6.99. The van der Waals surface area contributed by atoms with Crippen LogP contribution in [0.25, 0.3) is 0 Å². The molecule has 0 radical (unpaired) electrons. The van der Waals surface area contributed by atoms with Gasteiger partial charge in [-0.1, -0.05) is 53.2 Å². The number of benzene rings is 3. The lowest BCUT2D eigenvalue weighted by atomic mass is 10.1. The summed E-state index contributed by atoms with van der Waals surface area (Å²) in [5.74, 6) is 0.783. The number of fused-ring (bicyclic) bond motifs is 1. The lowest BCUT2D eigenvalue weighted by Crippen LogP contribution is -2.44. The summed E-state index contributed by atoms with van der Waals surface area (Å²) in [5.41, 5.74) is 2.00. The quantitative estimate of drug-likeness (QED) is 0.447. The third-order valence-electron chi connectivity index (χ3n) is 5.33. The van der Waals surface area contributed by atoms with E-state index in [2.05, 4.69) is 10.3 Å². The number of carbonyl (C=O) groups excluding carboxylic acids is 2. The summed E-state index contributed by atoms with van der Waals surface area (Å²) in [6.07, 6.45) is 0.0240. The fourth-order valence-electron chi connectivity index (χ4n) is 3.66. The van der Waals surface area contributed by atoms with Crippen molar-refractivity contribution in [3.8, 4) is 11.5 Å². The first-order chi connectivity index (χ1) is 16.9. The van der Waals surface area contributed by atoms with Gasteiger partial charge in [-0.05, 0) is 54.1 Å². The highest BCUT2D eigenvalue weighted by Crippen LogP contribution is 2.35. The summed E-state index contributed by atoms with van der Waals surface area (Å²) in [6.45, 7) is 0.437. The van der Waals surface area contributed by atoms with Gasteiger partial charge in [-0.15, -0.1) is 0 Å². The number of rotatable bonds is 5. The predicted molar refractivity (Wildman–Crippen MR) is 138 cm³/mol. The molecule has 0 saturated carbocycles. The van der Waals surface area contributed by atoms with Crippen LogP contribution in [0.5, 0.6) is 11.5 Å². The maximum atomic E-state index is 13.3. The monoisotopic (exact) mass is 527 g/mol. The van der Waals surface area contributed by atoms with E-state index in [9.17, 15) is 9.59 Å². The lowest BCUT2D eigenvalue weighted by Gasteiger charge is -2.32. The van der Waals surface area contributed by atoms with Crippen LogP contribution in [-0.4, -0.2) is 33.9 Å². The number of thioether (sulfide) groups is 1. The number of anilines is 1. The Morgan fingerprint density at radius 2 is 1.80 bits per heavy atom. The molecule has 5 rings (SSSR count). The van der Waals surface area contributed by atoms with E-state index < -0.39 is 5.25 Å². The number of carbonyl (C=O) groups is 2. The van der Waals surface area contributed by atoms with Crippen molar-refractivity contribution in [3.63, 3.8) is 0 Å². The van der Waals surface area contributed by atoms with Gasteiger partial charge in [0.25, 0.3) is 0 Å². The number of amidine groups is 1. The molecule has 1 saturated heterocycles. The van der Waals surface area contributed by atoms with Crippen molar-refractivity contribution in [1.29, 1.82) is 0 Å². The third kappa shape index (κ3) is 5.56. The van der Waals surface area contributed by atoms with Gasteiger partial charge in [0, 0.05) is 22.2 Å². The number of amides is 2. The molecule has 0 bridgehead atoms. The number of aliphatic imine (C=N–C) groups is 1. The molecule has 2 aliphatic heterocycles. The lowest BCUT2D eigenvalue weighted by molar-refractivity contribution is -0.129. The molecule has 1 fully saturated rings. The molecule has 1 unspecified atom stereocenters. The van der Waals surface area contributed by atoms with Crippen LogP contribution < -0.4 is 14.8 Å². The van der Waals surface area contributed by atoms with E-state index in [1.54, 1.807) is 53.4 Å². The van der Waals surface area contributed by atoms with Crippen molar-refractivity contribution in [1.82, 2.24) is 4.90 Å². The first-order valence-electron chi connectivity index (χ1n) is 10.7. The predicted octanol–water partition coefficient (Wildman–Crippen LogP) is 5.88. The molecule has 2 amide bonds. The van der Waals surface area contributed by atoms with Crippen molar-refractivity contribution < 1.29 is 19.1 Å². The molecule has 0 aromatic heterocycles. The van der Waals surface area contributed by atoms with Crippen LogP contribution in [0.2, 0.25) is 10.0 Å². The number of nitrogens with zero attached hydrogens (tertiary/aromatic N) is 2. The zero-order valence-corrected chi connectivity index (χ0v) is 20.6. The summed E-state index contributed by atoms with van der Waals surface area (Å²) < 4.78 is 10.8. The normalized spacial score (nSPS) is 18.1. The average molecular weight is 528 g/mol. The minimum Gasteiger partial charge on any atom is -0.454 e. The molecule has 0 aliphatic carbocycles. The van der Waals surface area contributed by atoms with Gasteiger partial charge < -0.3 is 14.8 Å². The smallest absolute Gasteiger partial charge is 0.238 e. The first kappa shape index (κ1) is 23.5. The minimum absolute atomic E-state index is 0.0240. The number of halogens is 2. The first-order valence-corrected chi connectivity index (χ1v) is 12.3. The molecule has 3 aromatic rings. The molecule has 2 aliphatic rings. The topological polar surface area (TPSA) is 80.2 Å². The standard InChI is InChI=1S/C25H19Cl2N3O4S/c26-16-3-1-5-18(10-16)28-24(32)22-12-23(31)30(13-15-7-8-20-21(9-15)34-14-33-20)25(35-22)29-19-6-2-4-17(27)11-19/h1-11,22H,12-14H2,(H,28,32). The van der Waals surface area contributed by atoms with Crippen molar-refractivity contribution in [2.75, 3.05) is 12.1 Å². The van der Waals surface area contributed by atoms with E-state index in [0.29, 0.717) is 38.1 Å². The second kappa shape index (κ2) is 10.2. The van der Waals surface area contributed by atoms with Crippen LogP contribution in [-0.2, 0) is 16.1 Å². The molecule has 2 heterocycles. The Bertz CT molecular complexity index is 1330. The molecule has 1 atom stereocenters. The van der Waals surface area contributed by atoms with Crippen molar-refractivity contribution in [2.24, 2.45) is 4.99 Å². The average Bonchev–Trinajstić information content (AvgIpc) is 3.29. The van der Waals surface area contributed by atoms with E-state index in [4.69, 9.17) is 32.7 Å². The SMILES string of the molecule is O=C(Nc1cccc(Cl)c1)C1CC(=O)N(Cc2ccc3c(c2)OCO3)C(=Nc2cccc(Cl)c2)S1. The zero-order valence-electron chi connectivity index (χ0n) is 18.2. The molecular weight excluding hydrogens is 509 g/mol. The van der Waals surface area contributed by atoms with E-state index in [1.807, 2.05) is 18.2 Å². The van der Waals surface area contributed by atoms with E-state index in [1.165, 1.54) is 11.8 Å². The molecule has 178 valence electrons. The second-order valence-electron chi connectivity index (χ2n) is 7.85. The highest BCUT2D eigenvalue weighted by molar-refractivity contribution is 8.15. The fraction of sp³-hybridized carbons (Fsp3) is 0.160. The summed E-state index contributed by atoms with van der Waals surface area (Å²) in [7, 11) is 0. The number of hydrogen-bond acceptors (Lipinski definition) is 6. The second-order valence-corrected chi connectivity index (χ2v) is 9.89. The van der Waals surface area contributed by atoms with Crippen LogP contribution in [0.3, 0.4) is 0 Å². The molecule has 0 spiro atoms. The maximum Gasteiger partial charge on any atom is 0.238 e. The van der Waals surface area contributed by atoms with E-state index in [-0.39, 0.29) is 31.6 Å². The molecule has 1 N–H and O–H groups in total. The Balaban J connectivity index is 1.41. The van der Waals surface area contributed by atoms with Crippen molar-refractivity contribution in [2.45, 2.75) is 18.2 Å². The Morgan fingerprint density at radius 1 is 1.03 bits per heavy atom. The van der Waals surface area contributed by atoms with Crippen LogP contribution in [0, 0.1) is 0 Å². The maximum absolute atomic E-state index is 13.3. The van der Waals surface area contributed by atoms with Gasteiger partial charge >= 0.3 is 0 Å². The van der Waals surface area contributed by atoms with Gasteiger partial charge in [-0.25, -0.2) is 4.99 Å². The Morgan fingerprint density at radius 3 is 2.60 bits per heavy atom. The fourth-order valence-corrected chi connectivity index (χ4v) is 5.14. The summed E-state index contributed by atoms with van der Waals surface area (Å²) in [5, 5.41) is 3.62. The van der Waals surface area contributed by atoms with Crippen LogP contribution in [0.15, 0.2) is 71.7 Å². The zero-order chi connectivity index (χ0) is 24.4. The van der Waals surface area contributed by atoms with Gasteiger partial charge in [0.15, 0.2) is 16.7 Å². The van der Waals surface area contributed by atoms with Crippen LogP contribution in [0.1, 0.15) is 12.0 Å². The Labute approximate surface area is 216 Å². The molecule has 3 aromatic carbocycles. The number of hydrogen-bond donors (Lipinski definition) is 1. The van der Waals surface area contributed by atoms with Gasteiger partial charge in [0.1, 0.15) is 5.25 Å². The van der Waals surface area contributed by atoms with E-state index in [0.717, 1.165) is 5.56 Å². The van der Waals surface area contributed by atoms with Gasteiger partial charge in [-0.3, -0.25) is 14.5 Å². The summed E-state index contributed by atoms with van der Waals surface area (Å²) in [6, 6.07) is 19.4. The Hall–Kier alpha value is -3.20. The van der Waals surface area contributed by atoms with Crippen LogP contribution in [0.4, 0.5) is 11.4 Å². The highest BCUT2D eigenvalue weighted by atomic mass is 35.5. The molecule has 35 heavy (non-hydrogen) atoms. The molecule has 7 nitrogen and oxygen atoms in total. The van der Waals surface area contributed by atoms with E-state index >= 15 is 0 Å². The molecule has 10 heteroatoms. The van der Waals surface area contributed by atoms with Gasteiger partial charge in [0.2, 0.25) is 18.6 Å². The highest BCUT2D eigenvalue weighted by Gasteiger charge is 2.36. The van der Waals surface area contributed by atoms with Crippen LogP contribution >= 0.6 is 35.0 Å². The van der Waals surface area contributed by atoms with Crippen molar-refractivity contribution >= 4 is 63.3 Å². The minimum atomic E-state index is -0.660. The molecular formula is C25H19Cl2N3O4S. The number of ether oxygens (including phenoxy) is 2. The largest absolute Gasteiger partial charge is 0.454 e. The summed E-state index contributed by atoms with van der Waals surface area (Å²) >= 11 is 13.4. The Kier molecular flexibility index (Phi) is 6.86. The van der Waals surface area contributed by atoms with Gasteiger partial charge in [-0.2, -0.15) is 0 Å². The summed E-state index contributed by atoms with van der Waals surface area (Å²) in [4.78, 5) is 32.5. The van der Waals surface area contributed by atoms with Gasteiger partial charge in [0.05, 0.1) is 12.2 Å². The van der Waals surface area contributed by atoms with Crippen molar-refractivity contribution in [3.05, 3.63) is 82.3 Å². The number of nitrogens with one attached hydrogen (secondary N) is 1.